The van der Waals surface area contributed by atoms with E-state index in [-0.39, 0.29) is 24.9 Å². The molecule has 21 heavy (non-hydrogen) atoms. The van der Waals surface area contributed by atoms with Crippen LogP contribution in [0.2, 0.25) is 0 Å². The maximum atomic E-state index is 11.6. The molecule has 1 aliphatic rings. The van der Waals surface area contributed by atoms with Crippen molar-refractivity contribution in [2.24, 2.45) is 0 Å². The Labute approximate surface area is 132 Å². The van der Waals surface area contributed by atoms with Crippen molar-refractivity contribution in [3.05, 3.63) is 30.3 Å². The first-order chi connectivity index (χ1) is 9.84. The number of carbonyl (C=O) groups excluding carboxylic acids is 1. The average Bonchev–Trinajstić information content (AvgIpc) is 2.52. The minimum absolute atomic E-state index is 0. The molecule has 1 heterocycles. The van der Waals surface area contributed by atoms with Crippen LogP contribution in [0, 0.1) is 0 Å². The Balaban J connectivity index is 0.00000220. The summed E-state index contributed by atoms with van der Waals surface area (Å²) in [5, 5.41) is 2.87. The van der Waals surface area contributed by atoms with Gasteiger partial charge >= 0.3 is 0 Å². The zero-order chi connectivity index (χ0) is 14.0. The number of morpholine rings is 1. The minimum atomic E-state index is -0.0733. The Kier molecular flexibility index (Phi) is 8.82. The summed E-state index contributed by atoms with van der Waals surface area (Å²) in [6.07, 6.45) is 0.955. The van der Waals surface area contributed by atoms with E-state index in [4.69, 9.17) is 9.47 Å². The molecule has 2 rings (SSSR count). The quantitative estimate of drug-likeness (QED) is 0.587. The monoisotopic (exact) mass is 313 g/mol. The van der Waals surface area contributed by atoms with Gasteiger partial charge in [0.2, 0.25) is 0 Å². The number of halogens is 1. The van der Waals surface area contributed by atoms with Crippen molar-refractivity contribution in [2.75, 3.05) is 46.0 Å². The van der Waals surface area contributed by atoms with Gasteiger partial charge in [-0.2, -0.15) is 0 Å². The maximum absolute atomic E-state index is 11.6. The third kappa shape index (κ3) is 7.32. The molecule has 1 amide bonds. The van der Waals surface area contributed by atoms with E-state index in [0.29, 0.717) is 6.54 Å². The second-order valence-electron chi connectivity index (χ2n) is 4.76. The van der Waals surface area contributed by atoms with Gasteiger partial charge in [-0.25, -0.2) is 0 Å². The highest BCUT2D eigenvalue weighted by Gasteiger charge is 2.09. The molecule has 118 valence electrons. The van der Waals surface area contributed by atoms with Crippen LogP contribution in [0.3, 0.4) is 0 Å². The average molecular weight is 314 g/mol. The molecule has 0 saturated carbocycles. The van der Waals surface area contributed by atoms with Crippen LogP contribution in [0.4, 0.5) is 0 Å². The summed E-state index contributed by atoms with van der Waals surface area (Å²) in [5.41, 5.74) is 0. The van der Waals surface area contributed by atoms with Crippen LogP contribution in [0.5, 0.6) is 5.75 Å². The third-order valence-electron chi connectivity index (χ3n) is 3.19. The van der Waals surface area contributed by atoms with E-state index >= 15 is 0 Å². The molecule has 1 aliphatic heterocycles. The summed E-state index contributed by atoms with van der Waals surface area (Å²) >= 11 is 0. The first-order valence-corrected chi connectivity index (χ1v) is 7.09. The lowest BCUT2D eigenvalue weighted by atomic mass is 10.3. The van der Waals surface area contributed by atoms with Crippen LogP contribution >= 0.6 is 0 Å². The van der Waals surface area contributed by atoms with Crippen molar-refractivity contribution >= 4 is 5.91 Å². The molecular weight excluding hydrogens is 292 g/mol. The van der Waals surface area contributed by atoms with E-state index in [1.807, 2.05) is 30.3 Å². The zero-order valence-electron chi connectivity index (χ0n) is 12.1. The fourth-order valence-electron chi connectivity index (χ4n) is 2.07. The van der Waals surface area contributed by atoms with E-state index < -0.39 is 0 Å². The lowest BCUT2D eigenvalue weighted by molar-refractivity contribution is -0.123. The second kappa shape index (κ2) is 10.4. The predicted octanol–water partition coefficient (Wildman–Crippen LogP) is -2.09. The van der Waals surface area contributed by atoms with Crippen molar-refractivity contribution in [1.82, 2.24) is 10.2 Å². The molecule has 6 heteroatoms. The molecule has 0 spiro atoms. The summed E-state index contributed by atoms with van der Waals surface area (Å²) in [4.78, 5) is 14.0. The van der Waals surface area contributed by atoms with Crippen LogP contribution in [0.15, 0.2) is 30.3 Å². The Morgan fingerprint density at radius 1 is 1.24 bits per heavy atom. The largest absolute Gasteiger partial charge is 1.00 e. The fraction of sp³-hybridized carbons (Fsp3) is 0.533. The first kappa shape index (κ1) is 17.8. The topological polar surface area (TPSA) is 50.8 Å². The van der Waals surface area contributed by atoms with Crippen LogP contribution < -0.4 is 22.5 Å². The molecule has 1 fully saturated rings. The van der Waals surface area contributed by atoms with Crippen molar-refractivity contribution < 1.29 is 26.7 Å². The van der Waals surface area contributed by atoms with Gasteiger partial charge in [-0.1, -0.05) is 18.2 Å². The van der Waals surface area contributed by atoms with Gasteiger partial charge in [0.15, 0.2) is 6.61 Å². The highest BCUT2D eigenvalue weighted by atomic mass is 35.5. The van der Waals surface area contributed by atoms with Crippen molar-refractivity contribution in [3.63, 3.8) is 0 Å². The van der Waals surface area contributed by atoms with Crippen molar-refractivity contribution in [1.29, 1.82) is 0 Å². The molecule has 0 aliphatic carbocycles. The number of rotatable bonds is 7. The van der Waals surface area contributed by atoms with Crippen molar-refractivity contribution in [2.45, 2.75) is 6.42 Å². The lowest BCUT2D eigenvalue weighted by Crippen LogP contribution is -3.00. The smallest absolute Gasteiger partial charge is 0.257 e. The molecule has 0 aromatic heterocycles. The zero-order valence-corrected chi connectivity index (χ0v) is 12.8. The number of hydrogen-bond acceptors (Lipinski definition) is 4. The number of hydrogen-bond donors (Lipinski definition) is 1. The van der Waals surface area contributed by atoms with Gasteiger partial charge in [0, 0.05) is 19.6 Å². The molecule has 1 aromatic rings. The number of para-hydroxylation sites is 1. The first-order valence-electron chi connectivity index (χ1n) is 7.09. The number of carbonyl (C=O) groups is 1. The van der Waals surface area contributed by atoms with Gasteiger partial charge in [-0.05, 0) is 25.1 Å². The number of benzene rings is 1. The molecule has 1 aromatic carbocycles. The Hall–Kier alpha value is -1.30. The minimum Gasteiger partial charge on any atom is -1.00 e. The number of amides is 1. The molecule has 0 bridgehead atoms. The van der Waals surface area contributed by atoms with Gasteiger partial charge in [-0.3, -0.25) is 9.69 Å². The van der Waals surface area contributed by atoms with Crippen molar-refractivity contribution in [3.8, 4) is 5.75 Å². The molecule has 5 nitrogen and oxygen atoms in total. The molecule has 0 radical (unpaired) electrons. The van der Waals surface area contributed by atoms with Gasteiger partial charge in [0.1, 0.15) is 5.75 Å². The van der Waals surface area contributed by atoms with E-state index in [9.17, 15) is 4.79 Å². The van der Waals surface area contributed by atoms with E-state index in [2.05, 4.69) is 10.2 Å². The Morgan fingerprint density at radius 3 is 2.67 bits per heavy atom. The molecule has 1 N–H and O–H groups in total. The highest BCUT2D eigenvalue weighted by molar-refractivity contribution is 5.77. The molecule has 0 unspecified atom stereocenters. The van der Waals surface area contributed by atoms with Crippen LogP contribution in [0.25, 0.3) is 0 Å². The van der Waals surface area contributed by atoms with Crippen LogP contribution in [0.1, 0.15) is 6.42 Å². The second-order valence-corrected chi connectivity index (χ2v) is 4.76. The summed E-state index contributed by atoms with van der Waals surface area (Å²) < 4.78 is 10.7. The van der Waals surface area contributed by atoms with E-state index in [1.165, 1.54) is 0 Å². The summed E-state index contributed by atoms with van der Waals surface area (Å²) in [6, 6.07) is 9.36. The van der Waals surface area contributed by atoms with Gasteiger partial charge in [-0.15, -0.1) is 0 Å². The van der Waals surface area contributed by atoms with Crippen LogP contribution in [-0.4, -0.2) is 56.8 Å². The Bertz CT molecular complexity index is 397. The predicted molar refractivity (Wildman–Crippen MR) is 76.8 cm³/mol. The van der Waals surface area contributed by atoms with E-state index in [1.54, 1.807) is 0 Å². The number of nitrogens with one attached hydrogen (secondary N) is 1. The SMILES string of the molecule is O=C(COc1ccccc1)NCCCN1CCOCC1.[Cl-]. The van der Waals surface area contributed by atoms with Gasteiger partial charge in [0.25, 0.3) is 5.91 Å². The summed E-state index contributed by atoms with van der Waals surface area (Å²) in [5.74, 6) is 0.645. The third-order valence-corrected chi connectivity index (χ3v) is 3.19. The standard InChI is InChI=1S/C15H22N2O3.ClH/c18-15(13-20-14-5-2-1-3-6-14)16-7-4-8-17-9-11-19-12-10-17;/h1-3,5-6H,4,7-13H2,(H,16,18);1H/p-1. The fourth-order valence-corrected chi connectivity index (χ4v) is 2.07. The van der Waals surface area contributed by atoms with Gasteiger partial charge < -0.3 is 27.2 Å². The lowest BCUT2D eigenvalue weighted by Gasteiger charge is -2.26. The molecule has 0 atom stereocenters. The molecule has 1 saturated heterocycles. The van der Waals surface area contributed by atoms with Crippen LogP contribution in [-0.2, 0) is 9.53 Å². The number of ether oxygens (including phenoxy) is 2. The van der Waals surface area contributed by atoms with Gasteiger partial charge in [0.05, 0.1) is 13.2 Å². The Morgan fingerprint density at radius 2 is 1.95 bits per heavy atom. The summed E-state index contributed by atoms with van der Waals surface area (Å²) in [6.45, 7) is 5.38. The highest BCUT2D eigenvalue weighted by Crippen LogP contribution is 2.07. The summed E-state index contributed by atoms with van der Waals surface area (Å²) in [7, 11) is 0. The van der Waals surface area contributed by atoms with E-state index in [0.717, 1.165) is 45.0 Å². The maximum Gasteiger partial charge on any atom is 0.257 e. The normalized spacial score (nSPS) is 15.0. The number of nitrogens with zero attached hydrogens (tertiary/aromatic N) is 1. The molecular formula is C15H22ClN2O3-.